The number of aliphatic hydroxyl groups is 1. The first-order valence-corrected chi connectivity index (χ1v) is 6.56. The zero-order valence-corrected chi connectivity index (χ0v) is 11.1. The van der Waals surface area contributed by atoms with E-state index in [-0.39, 0.29) is 0 Å². The highest BCUT2D eigenvalue weighted by Crippen LogP contribution is 2.23. The molecule has 0 spiro atoms. The molecule has 0 aliphatic heterocycles. The first kappa shape index (κ1) is 12.7. The smallest absolute Gasteiger partial charge is 0.122 e. The molecule has 1 atom stereocenters. The third-order valence-electron chi connectivity index (χ3n) is 3.17. The van der Waals surface area contributed by atoms with Crippen molar-refractivity contribution >= 4 is 11.0 Å². The molecule has 0 radical (unpaired) electrons. The van der Waals surface area contributed by atoms with Gasteiger partial charge in [0.1, 0.15) is 6.10 Å². The van der Waals surface area contributed by atoms with E-state index in [1.54, 1.807) is 23.3 Å². The molecule has 3 rings (SSSR count). The molecule has 20 heavy (non-hydrogen) atoms. The van der Waals surface area contributed by atoms with Crippen LogP contribution >= 0.6 is 0 Å². The van der Waals surface area contributed by atoms with Crippen molar-refractivity contribution in [1.82, 2.24) is 25.0 Å². The molecule has 0 aliphatic carbocycles. The molecule has 0 fully saturated rings. The quantitative estimate of drug-likeness (QED) is 0.780. The molecule has 102 valence electrons. The number of aliphatic hydroxyl groups excluding tert-OH is 1. The molecular weight excluding hydrogens is 254 g/mol. The minimum Gasteiger partial charge on any atom is -0.382 e. The zero-order chi connectivity index (χ0) is 13.9. The number of benzene rings is 1. The largest absolute Gasteiger partial charge is 0.382 e. The average Bonchev–Trinajstić information content (AvgIpc) is 2.94. The van der Waals surface area contributed by atoms with Gasteiger partial charge in [0.15, 0.2) is 0 Å². The fourth-order valence-electron chi connectivity index (χ4n) is 2.18. The van der Waals surface area contributed by atoms with Gasteiger partial charge in [-0.25, -0.2) is 4.68 Å². The van der Waals surface area contributed by atoms with Gasteiger partial charge in [-0.3, -0.25) is 9.97 Å². The molecule has 0 amide bonds. The van der Waals surface area contributed by atoms with E-state index in [9.17, 15) is 5.11 Å². The lowest BCUT2D eigenvalue weighted by molar-refractivity contribution is 0.207. The van der Waals surface area contributed by atoms with Gasteiger partial charge >= 0.3 is 0 Å². The summed E-state index contributed by atoms with van der Waals surface area (Å²) in [4.78, 5) is 8.47. The van der Waals surface area contributed by atoms with Crippen molar-refractivity contribution in [3.63, 3.8) is 0 Å². The van der Waals surface area contributed by atoms with Gasteiger partial charge in [0.05, 0.1) is 22.9 Å². The van der Waals surface area contributed by atoms with Crippen LogP contribution < -0.4 is 0 Å². The summed E-state index contributed by atoms with van der Waals surface area (Å²) in [7, 11) is 0. The van der Waals surface area contributed by atoms with Gasteiger partial charge in [0.25, 0.3) is 0 Å². The lowest BCUT2D eigenvalue weighted by Crippen LogP contribution is -2.10. The molecule has 0 saturated carbocycles. The first-order chi connectivity index (χ1) is 9.79. The van der Waals surface area contributed by atoms with Crippen LogP contribution in [0, 0.1) is 0 Å². The first-order valence-electron chi connectivity index (χ1n) is 6.56. The monoisotopic (exact) mass is 269 g/mol. The Kier molecular flexibility index (Phi) is 3.39. The minimum atomic E-state index is -0.761. The maximum absolute atomic E-state index is 10.5. The number of aromatic nitrogens is 5. The normalized spacial score (nSPS) is 12.7. The van der Waals surface area contributed by atoms with Crippen molar-refractivity contribution in [3.8, 4) is 0 Å². The Bertz CT molecular complexity index is 724. The summed E-state index contributed by atoms with van der Waals surface area (Å²) in [5.74, 6) is 0. The number of hydrogen-bond acceptors (Lipinski definition) is 5. The van der Waals surface area contributed by atoms with Gasteiger partial charge in [-0.15, -0.1) is 5.10 Å². The van der Waals surface area contributed by atoms with Crippen LogP contribution in [0.3, 0.4) is 0 Å². The third-order valence-corrected chi connectivity index (χ3v) is 3.17. The van der Waals surface area contributed by atoms with E-state index in [0.717, 1.165) is 29.6 Å². The highest BCUT2D eigenvalue weighted by atomic mass is 16.3. The van der Waals surface area contributed by atoms with Gasteiger partial charge in [-0.2, -0.15) is 0 Å². The van der Waals surface area contributed by atoms with Crippen molar-refractivity contribution in [2.45, 2.75) is 26.0 Å². The zero-order valence-electron chi connectivity index (χ0n) is 11.1. The summed E-state index contributed by atoms with van der Waals surface area (Å²) in [6, 6.07) is 5.55. The van der Waals surface area contributed by atoms with Gasteiger partial charge in [-0.05, 0) is 24.1 Å². The van der Waals surface area contributed by atoms with E-state index in [4.69, 9.17) is 0 Å². The molecule has 3 aromatic rings. The second kappa shape index (κ2) is 5.34. The SMILES string of the molecule is CCCn1nncc1C(O)c1ccc2nccnc2c1. The minimum absolute atomic E-state index is 0.690. The molecule has 6 nitrogen and oxygen atoms in total. The summed E-state index contributed by atoms with van der Waals surface area (Å²) >= 11 is 0. The Labute approximate surface area is 116 Å². The topological polar surface area (TPSA) is 76.7 Å². The van der Waals surface area contributed by atoms with E-state index in [1.807, 2.05) is 18.2 Å². The van der Waals surface area contributed by atoms with Crippen molar-refractivity contribution < 1.29 is 5.11 Å². The van der Waals surface area contributed by atoms with Crippen LogP contribution in [-0.4, -0.2) is 30.1 Å². The van der Waals surface area contributed by atoms with Crippen LogP contribution in [0.2, 0.25) is 0 Å². The molecule has 2 aromatic heterocycles. The predicted molar refractivity (Wildman–Crippen MR) is 73.9 cm³/mol. The van der Waals surface area contributed by atoms with Crippen molar-refractivity contribution in [2.24, 2.45) is 0 Å². The maximum atomic E-state index is 10.5. The number of aryl methyl sites for hydroxylation is 1. The van der Waals surface area contributed by atoms with E-state index >= 15 is 0 Å². The van der Waals surface area contributed by atoms with Crippen LogP contribution in [0.1, 0.15) is 30.7 Å². The number of fused-ring (bicyclic) bond motifs is 1. The van der Waals surface area contributed by atoms with Gasteiger partial charge in [0.2, 0.25) is 0 Å². The average molecular weight is 269 g/mol. The van der Waals surface area contributed by atoms with Gasteiger partial charge < -0.3 is 5.11 Å². The third kappa shape index (κ3) is 2.25. The van der Waals surface area contributed by atoms with Gasteiger partial charge in [0, 0.05) is 18.9 Å². The Hall–Kier alpha value is -2.34. The predicted octanol–water partition coefficient (Wildman–Crippen LogP) is 1.71. The van der Waals surface area contributed by atoms with Crippen LogP contribution in [0.15, 0.2) is 36.8 Å². The van der Waals surface area contributed by atoms with Crippen LogP contribution in [0.5, 0.6) is 0 Å². The molecule has 1 aromatic carbocycles. The molecule has 1 unspecified atom stereocenters. The van der Waals surface area contributed by atoms with E-state index in [1.165, 1.54) is 0 Å². The number of rotatable bonds is 4. The second-order valence-corrected chi connectivity index (χ2v) is 4.59. The number of nitrogens with zero attached hydrogens (tertiary/aromatic N) is 5. The Morgan fingerprint density at radius 3 is 2.80 bits per heavy atom. The van der Waals surface area contributed by atoms with E-state index in [2.05, 4.69) is 27.2 Å². The summed E-state index contributed by atoms with van der Waals surface area (Å²) in [5.41, 5.74) is 3.02. The summed E-state index contributed by atoms with van der Waals surface area (Å²) < 4.78 is 1.73. The van der Waals surface area contributed by atoms with Crippen LogP contribution in [0.4, 0.5) is 0 Å². The van der Waals surface area contributed by atoms with Crippen molar-refractivity contribution in [3.05, 3.63) is 48.0 Å². The summed E-state index contributed by atoms with van der Waals surface area (Å²) in [5, 5.41) is 18.4. The molecule has 1 N–H and O–H groups in total. The van der Waals surface area contributed by atoms with Crippen LogP contribution in [0.25, 0.3) is 11.0 Å². The summed E-state index contributed by atoms with van der Waals surface area (Å²) in [6.07, 6.45) is 5.07. The lowest BCUT2D eigenvalue weighted by Gasteiger charge is -2.12. The molecule has 0 bridgehead atoms. The Balaban J connectivity index is 1.99. The van der Waals surface area contributed by atoms with Crippen molar-refractivity contribution in [1.29, 1.82) is 0 Å². The van der Waals surface area contributed by atoms with Gasteiger partial charge in [-0.1, -0.05) is 18.2 Å². The molecule has 0 saturated heterocycles. The fraction of sp³-hybridized carbons (Fsp3) is 0.286. The maximum Gasteiger partial charge on any atom is 0.122 e. The molecule has 6 heteroatoms. The second-order valence-electron chi connectivity index (χ2n) is 4.59. The summed E-state index contributed by atoms with van der Waals surface area (Å²) in [6.45, 7) is 2.79. The van der Waals surface area contributed by atoms with E-state index in [0.29, 0.717) is 5.69 Å². The molecule has 0 aliphatic rings. The standard InChI is InChI=1S/C14H15N5O/c1-2-7-19-13(9-17-18-19)14(20)10-3-4-11-12(8-10)16-6-5-15-11/h3-6,8-9,14,20H,2,7H2,1H3. The molecular formula is C14H15N5O. The Morgan fingerprint density at radius 2 is 2.00 bits per heavy atom. The molecule has 2 heterocycles. The van der Waals surface area contributed by atoms with E-state index < -0.39 is 6.10 Å². The highest BCUT2D eigenvalue weighted by Gasteiger charge is 2.16. The highest BCUT2D eigenvalue weighted by molar-refractivity contribution is 5.74. The fourth-order valence-corrected chi connectivity index (χ4v) is 2.18. The Morgan fingerprint density at radius 1 is 1.20 bits per heavy atom. The van der Waals surface area contributed by atoms with Crippen molar-refractivity contribution in [2.75, 3.05) is 0 Å². The number of hydrogen-bond donors (Lipinski definition) is 1. The lowest BCUT2D eigenvalue weighted by atomic mass is 10.1. The van der Waals surface area contributed by atoms with Crippen LogP contribution in [-0.2, 0) is 6.54 Å².